The summed E-state index contributed by atoms with van der Waals surface area (Å²) in [4.78, 5) is 7.20. The van der Waals surface area contributed by atoms with Gasteiger partial charge in [0.05, 0.1) is 22.3 Å². The molecule has 0 spiro atoms. The molecular formula is C39H26N2S. The van der Waals surface area contributed by atoms with Crippen LogP contribution in [0.15, 0.2) is 158 Å². The van der Waals surface area contributed by atoms with E-state index >= 15 is 0 Å². The predicted molar refractivity (Wildman–Crippen MR) is 180 cm³/mol. The molecule has 0 unspecified atom stereocenters. The van der Waals surface area contributed by atoms with Gasteiger partial charge < -0.3 is 4.90 Å². The second-order valence-corrected chi connectivity index (χ2v) is 11.5. The van der Waals surface area contributed by atoms with Crippen molar-refractivity contribution in [2.45, 2.75) is 0 Å². The van der Waals surface area contributed by atoms with Crippen LogP contribution in [0.3, 0.4) is 0 Å². The molecule has 0 N–H and O–H groups in total. The summed E-state index contributed by atoms with van der Waals surface area (Å²) in [6.45, 7) is 0. The lowest BCUT2D eigenvalue weighted by Gasteiger charge is -2.28. The van der Waals surface area contributed by atoms with Crippen molar-refractivity contribution in [2.24, 2.45) is 0 Å². The van der Waals surface area contributed by atoms with Crippen LogP contribution in [-0.2, 0) is 0 Å². The molecule has 0 saturated carbocycles. The molecule has 42 heavy (non-hydrogen) atoms. The van der Waals surface area contributed by atoms with Crippen molar-refractivity contribution < 1.29 is 0 Å². The SMILES string of the molecule is c1ccc(-c2ccc(N(c3ccccc3-c3ccccc3)c3cncc4c3sc3cc5ccccc5cc34)cc2)cc1. The maximum atomic E-state index is 4.82. The molecule has 0 saturated heterocycles. The van der Waals surface area contributed by atoms with Gasteiger partial charge in [0.2, 0.25) is 0 Å². The van der Waals surface area contributed by atoms with E-state index in [1.54, 1.807) is 0 Å². The largest absolute Gasteiger partial charge is 0.307 e. The number of benzene rings is 6. The van der Waals surface area contributed by atoms with Crippen LogP contribution in [-0.4, -0.2) is 4.98 Å². The van der Waals surface area contributed by atoms with Gasteiger partial charge in [-0.1, -0.05) is 115 Å². The van der Waals surface area contributed by atoms with Gasteiger partial charge in [-0.15, -0.1) is 11.3 Å². The van der Waals surface area contributed by atoms with Crippen molar-refractivity contribution in [3.05, 3.63) is 158 Å². The summed E-state index contributed by atoms with van der Waals surface area (Å²) in [7, 11) is 0. The molecule has 0 radical (unpaired) electrons. The van der Waals surface area contributed by atoms with Gasteiger partial charge in [0, 0.05) is 32.9 Å². The first kappa shape index (κ1) is 24.5. The molecule has 6 aromatic carbocycles. The van der Waals surface area contributed by atoms with Crippen LogP contribution in [0.1, 0.15) is 0 Å². The summed E-state index contributed by atoms with van der Waals surface area (Å²) < 4.78 is 2.50. The second kappa shape index (κ2) is 10.3. The van der Waals surface area contributed by atoms with Gasteiger partial charge in [-0.05, 0) is 57.8 Å². The third kappa shape index (κ3) is 4.23. The number of pyridine rings is 1. The van der Waals surface area contributed by atoms with Gasteiger partial charge >= 0.3 is 0 Å². The Morgan fingerprint density at radius 3 is 1.86 bits per heavy atom. The fraction of sp³-hybridized carbons (Fsp3) is 0. The number of nitrogens with zero attached hydrogens (tertiary/aromatic N) is 2. The van der Waals surface area contributed by atoms with Crippen LogP contribution in [0.4, 0.5) is 17.1 Å². The molecule has 8 rings (SSSR count). The highest BCUT2D eigenvalue weighted by atomic mass is 32.1. The standard InChI is InChI=1S/C39H26N2S/c1-3-11-27(12-4-1)28-19-21-32(22-20-28)41(36-18-10-9-17-33(36)29-13-5-2-6-14-29)37-26-40-25-35-34-23-30-15-7-8-16-31(30)24-38(34)42-39(35)37/h1-26H. The molecule has 2 nitrogen and oxygen atoms in total. The van der Waals surface area contributed by atoms with Crippen LogP contribution in [0, 0.1) is 0 Å². The van der Waals surface area contributed by atoms with E-state index in [9.17, 15) is 0 Å². The average molecular weight is 555 g/mol. The van der Waals surface area contributed by atoms with E-state index in [-0.39, 0.29) is 0 Å². The molecule has 0 fully saturated rings. The summed E-state index contributed by atoms with van der Waals surface area (Å²) in [6.07, 6.45) is 4.04. The van der Waals surface area contributed by atoms with E-state index in [1.807, 2.05) is 23.7 Å². The van der Waals surface area contributed by atoms with Crippen LogP contribution in [0.2, 0.25) is 0 Å². The number of anilines is 3. The third-order valence-electron chi connectivity index (χ3n) is 7.93. The van der Waals surface area contributed by atoms with Gasteiger partial charge in [0.15, 0.2) is 0 Å². The van der Waals surface area contributed by atoms with Gasteiger partial charge in [0.1, 0.15) is 0 Å². The maximum absolute atomic E-state index is 4.82. The zero-order valence-electron chi connectivity index (χ0n) is 22.8. The maximum Gasteiger partial charge on any atom is 0.0825 e. The number of fused-ring (bicyclic) bond motifs is 4. The minimum Gasteiger partial charge on any atom is -0.307 e. The fourth-order valence-electron chi connectivity index (χ4n) is 5.89. The number of rotatable bonds is 5. The Hall–Kier alpha value is -5.25. The lowest BCUT2D eigenvalue weighted by atomic mass is 10.0. The first-order valence-corrected chi connectivity index (χ1v) is 14.9. The number of hydrogen-bond acceptors (Lipinski definition) is 3. The van der Waals surface area contributed by atoms with Crippen molar-refractivity contribution in [3.63, 3.8) is 0 Å². The van der Waals surface area contributed by atoms with Gasteiger partial charge in [-0.3, -0.25) is 4.98 Å². The quantitative estimate of drug-likeness (QED) is 0.210. The zero-order chi connectivity index (χ0) is 27.9. The first-order valence-electron chi connectivity index (χ1n) is 14.1. The Kier molecular flexibility index (Phi) is 6.02. The normalized spacial score (nSPS) is 11.3. The Morgan fingerprint density at radius 1 is 0.476 bits per heavy atom. The molecule has 2 aromatic heterocycles. The lowest BCUT2D eigenvalue weighted by molar-refractivity contribution is 1.26. The minimum absolute atomic E-state index is 1.08. The van der Waals surface area contributed by atoms with Crippen molar-refractivity contribution in [3.8, 4) is 22.3 Å². The average Bonchev–Trinajstić information content (AvgIpc) is 3.43. The van der Waals surface area contributed by atoms with E-state index in [1.165, 1.54) is 53.2 Å². The van der Waals surface area contributed by atoms with Crippen molar-refractivity contribution >= 4 is 59.3 Å². The summed E-state index contributed by atoms with van der Waals surface area (Å²) >= 11 is 1.84. The van der Waals surface area contributed by atoms with Crippen LogP contribution < -0.4 is 4.90 Å². The second-order valence-electron chi connectivity index (χ2n) is 10.5. The van der Waals surface area contributed by atoms with Crippen LogP contribution >= 0.6 is 11.3 Å². The van der Waals surface area contributed by atoms with E-state index in [0.717, 1.165) is 17.1 Å². The number of thiophene rings is 1. The summed E-state index contributed by atoms with van der Waals surface area (Å²) in [6, 6.07) is 51.9. The predicted octanol–water partition coefficient (Wildman–Crippen LogP) is 11.4. The Morgan fingerprint density at radius 2 is 1.10 bits per heavy atom. The highest BCUT2D eigenvalue weighted by molar-refractivity contribution is 7.26. The molecule has 0 amide bonds. The number of hydrogen-bond donors (Lipinski definition) is 0. The van der Waals surface area contributed by atoms with Gasteiger partial charge in [-0.2, -0.15) is 0 Å². The van der Waals surface area contributed by atoms with Crippen molar-refractivity contribution in [1.82, 2.24) is 4.98 Å². The monoisotopic (exact) mass is 554 g/mol. The molecular weight excluding hydrogens is 529 g/mol. The van der Waals surface area contributed by atoms with Crippen LogP contribution in [0.5, 0.6) is 0 Å². The highest BCUT2D eigenvalue weighted by Crippen LogP contribution is 2.47. The minimum atomic E-state index is 1.08. The Labute approximate surface area is 248 Å². The van der Waals surface area contributed by atoms with E-state index in [0.29, 0.717) is 0 Å². The van der Waals surface area contributed by atoms with E-state index in [2.05, 4.69) is 150 Å². The lowest BCUT2D eigenvalue weighted by Crippen LogP contribution is -2.11. The molecule has 8 aromatic rings. The smallest absolute Gasteiger partial charge is 0.0825 e. The molecule has 3 heteroatoms. The highest BCUT2D eigenvalue weighted by Gasteiger charge is 2.21. The fourth-order valence-corrected chi connectivity index (χ4v) is 7.10. The zero-order valence-corrected chi connectivity index (χ0v) is 23.6. The van der Waals surface area contributed by atoms with E-state index < -0.39 is 0 Å². The number of aromatic nitrogens is 1. The summed E-state index contributed by atoms with van der Waals surface area (Å²) in [5.74, 6) is 0. The van der Waals surface area contributed by atoms with Crippen LogP contribution in [0.25, 0.3) is 53.2 Å². The molecule has 0 aliphatic carbocycles. The van der Waals surface area contributed by atoms with Gasteiger partial charge in [0.25, 0.3) is 0 Å². The van der Waals surface area contributed by atoms with Crippen molar-refractivity contribution in [1.29, 1.82) is 0 Å². The summed E-state index contributed by atoms with van der Waals surface area (Å²) in [5.41, 5.74) is 8.05. The van der Waals surface area contributed by atoms with Crippen molar-refractivity contribution in [2.75, 3.05) is 4.90 Å². The van der Waals surface area contributed by atoms with Gasteiger partial charge in [-0.25, -0.2) is 0 Å². The Bertz CT molecular complexity index is 2180. The number of para-hydroxylation sites is 1. The molecule has 0 aliphatic heterocycles. The molecule has 0 aliphatic rings. The Balaban J connectivity index is 1.38. The summed E-state index contributed by atoms with van der Waals surface area (Å²) in [5, 5.41) is 4.94. The third-order valence-corrected chi connectivity index (χ3v) is 9.12. The molecule has 2 heterocycles. The first-order chi connectivity index (χ1) is 20.8. The topological polar surface area (TPSA) is 16.1 Å². The molecule has 198 valence electrons. The molecule has 0 atom stereocenters. The molecule has 0 bridgehead atoms. The van der Waals surface area contributed by atoms with E-state index in [4.69, 9.17) is 4.98 Å².